The van der Waals surface area contributed by atoms with Crippen LogP contribution < -0.4 is 9.47 Å². The summed E-state index contributed by atoms with van der Waals surface area (Å²) in [6.45, 7) is 4.86. The second kappa shape index (κ2) is 10.0. The standard InChI is InChI=1S/C25H34N2O3S/c1-18-12-15-31-24(18)17-26(2)25(28)22-16-21(29-3)8-9-23(22)30-20-10-13-27(14-11-20)19-6-4-5-7-19/h8-9,12,15-16,19-20H,4-7,10-11,13-14,17H2,1-3H3. The van der Waals surface area contributed by atoms with Crippen LogP contribution in [-0.4, -0.2) is 55.1 Å². The Balaban J connectivity index is 1.44. The molecule has 31 heavy (non-hydrogen) atoms. The Hall–Kier alpha value is -2.05. The van der Waals surface area contributed by atoms with Crippen molar-refractivity contribution in [2.45, 2.75) is 64.1 Å². The van der Waals surface area contributed by atoms with Crippen molar-refractivity contribution >= 4 is 17.2 Å². The van der Waals surface area contributed by atoms with Gasteiger partial charge in [0.05, 0.1) is 19.2 Å². The van der Waals surface area contributed by atoms with Crippen LogP contribution in [0.15, 0.2) is 29.6 Å². The molecule has 6 heteroatoms. The molecule has 4 rings (SSSR count). The highest BCUT2D eigenvalue weighted by Gasteiger charge is 2.29. The van der Waals surface area contributed by atoms with Gasteiger partial charge in [-0.25, -0.2) is 0 Å². The molecule has 1 aliphatic heterocycles. The van der Waals surface area contributed by atoms with E-state index in [0.717, 1.165) is 32.0 Å². The van der Waals surface area contributed by atoms with Crippen LogP contribution in [0.25, 0.3) is 0 Å². The number of carbonyl (C=O) groups excluding carboxylic acids is 1. The maximum Gasteiger partial charge on any atom is 0.257 e. The molecule has 168 valence electrons. The Morgan fingerprint density at radius 1 is 1.16 bits per heavy atom. The molecule has 1 aliphatic carbocycles. The summed E-state index contributed by atoms with van der Waals surface area (Å²) < 4.78 is 11.8. The third kappa shape index (κ3) is 5.24. The van der Waals surface area contributed by atoms with E-state index in [-0.39, 0.29) is 12.0 Å². The van der Waals surface area contributed by atoms with Gasteiger partial charge in [0.25, 0.3) is 5.91 Å². The van der Waals surface area contributed by atoms with E-state index in [1.165, 1.54) is 36.1 Å². The number of aryl methyl sites for hydroxylation is 1. The predicted octanol–water partition coefficient (Wildman–Crippen LogP) is 5.12. The molecular formula is C25H34N2O3S. The number of hydrogen-bond acceptors (Lipinski definition) is 5. The number of likely N-dealkylation sites (tertiary alicyclic amines) is 1. The fraction of sp³-hybridized carbons (Fsp3) is 0.560. The van der Waals surface area contributed by atoms with Crippen molar-refractivity contribution in [3.63, 3.8) is 0 Å². The van der Waals surface area contributed by atoms with E-state index in [1.807, 2.05) is 25.2 Å². The van der Waals surface area contributed by atoms with Crippen molar-refractivity contribution < 1.29 is 14.3 Å². The number of thiophene rings is 1. The maximum absolute atomic E-state index is 13.3. The van der Waals surface area contributed by atoms with Crippen LogP contribution in [0.2, 0.25) is 0 Å². The number of piperidine rings is 1. The summed E-state index contributed by atoms with van der Waals surface area (Å²) in [5.74, 6) is 1.30. The number of ether oxygens (including phenoxy) is 2. The van der Waals surface area contributed by atoms with Crippen LogP contribution in [-0.2, 0) is 6.54 Å². The van der Waals surface area contributed by atoms with E-state index in [0.29, 0.717) is 23.6 Å². The minimum absolute atomic E-state index is 0.0370. The minimum Gasteiger partial charge on any atom is -0.497 e. The van der Waals surface area contributed by atoms with Crippen LogP contribution >= 0.6 is 11.3 Å². The smallest absolute Gasteiger partial charge is 0.257 e. The van der Waals surface area contributed by atoms with Gasteiger partial charge < -0.3 is 19.3 Å². The molecule has 0 N–H and O–H groups in total. The molecular weight excluding hydrogens is 408 g/mol. The van der Waals surface area contributed by atoms with Crippen molar-refractivity contribution in [3.05, 3.63) is 45.6 Å². The first kappa shape index (κ1) is 22.2. The molecule has 2 fully saturated rings. The fourth-order valence-electron chi connectivity index (χ4n) is 4.77. The molecule has 2 aliphatic rings. The van der Waals surface area contributed by atoms with Crippen LogP contribution in [0.5, 0.6) is 11.5 Å². The second-order valence-electron chi connectivity index (χ2n) is 8.84. The largest absolute Gasteiger partial charge is 0.497 e. The highest BCUT2D eigenvalue weighted by molar-refractivity contribution is 7.10. The van der Waals surface area contributed by atoms with Crippen LogP contribution in [0.3, 0.4) is 0 Å². The first-order valence-electron chi connectivity index (χ1n) is 11.4. The Bertz CT molecular complexity index is 883. The van der Waals surface area contributed by atoms with Crippen molar-refractivity contribution in [3.8, 4) is 11.5 Å². The summed E-state index contributed by atoms with van der Waals surface area (Å²) >= 11 is 1.69. The molecule has 1 aromatic heterocycles. The first-order chi connectivity index (χ1) is 15.0. The van der Waals surface area contributed by atoms with Gasteiger partial charge in [0.1, 0.15) is 17.6 Å². The van der Waals surface area contributed by atoms with Crippen LogP contribution in [0.4, 0.5) is 0 Å². The van der Waals surface area contributed by atoms with Gasteiger partial charge in [0.15, 0.2) is 0 Å². The van der Waals surface area contributed by atoms with Gasteiger partial charge in [0.2, 0.25) is 0 Å². The number of amides is 1. The molecule has 0 bridgehead atoms. The lowest BCUT2D eigenvalue weighted by atomic mass is 10.0. The average molecular weight is 443 g/mol. The molecule has 1 amide bonds. The number of rotatable bonds is 7. The van der Waals surface area contributed by atoms with Gasteiger partial charge in [0, 0.05) is 31.1 Å². The maximum atomic E-state index is 13.3. The molecule has 1 saturated carbocycles. The lowest BCUT2D eigenvalue weighted by Crippen LogP contribution is -2.43. The van der Waals surface area contributed by atoms with Crippen LogP contribution in [0.1, 0.15) is 59.3 Å². The van der Waals surface area contributed by atoms with Crippen molar-refractivity contribution in [1.29, 1.82) is 0 Å². The van der Waals surface area contributed by atoms with Crippen molar-refractivity contribution in [2.24, 2.45) is 0 Å². The van der Waals surface area contributed by atoms with Gasteiger partial charge in [-0.2, -0.15) is 0 Å². The Morgan fingerprint density at radius 3 is 2.55 bits per heavy atom. The lowest BCUT2D eigenvalue weighted by molar-refractivity contribution is 0.0709. The molecule has 2 heterocycles. The van der Waals surface area contributed by atoms with Crippen molar-refractivity contribution in [1.82, 2.24) is 9.80 Å². The lowest BCUT2D eigenvalue weighted by Gasteiger charge is -2.36. The Morgan fingerprint density at radius 2 is 1.90 bits per heavy atom. The summed E-state index contributed by atoms with van der Waals surface area (Å²) in [5, 5.41) is 2.07. The number of benzene rings is 1. The molecule has 1 saturated heterocycles. The third-order valence-corrected chi connectivity index (χ3v) is 7.73. The fourth-order valence-corrected chi connectivity index (χ4v) is 5.73. The summed E-state index contributed by atoms with van der Waals surface area (Å²) in [7, 11) is 3.48. The Labute approximate surface area is 189 Å². The van der Waals surface area contributed by atoms with Crippen molar-refractivity contribution in [2.75, 3.05) is 27.2 Å². The quantitative estimate of drug-likeness (QED) is 0.597. The number of hydrogen-bond donors (Lipinski definition) is 0. The Kier molecular flexibility index (Phi) is 7.18. The van der Waals surface area contributed by atoms with Gasteiger partial charge in [-0.1, -0.05) is 12.8 Å². The van der Waals surface area contributed by atoms with Gasteiger partial charge >= 0.3 is 0 Å². The van der Waals surface area contributed by atoms with Gasteiger partial charge in [-0.15, -0.1) is 11.3 Å². The zero-order valence-electron chi connectivity index (χ0n) is 18.9. The van der Waals surface area contributed by atoms with E-state index in [4.69, 9.17) is 9.47 Å². The zero-order chi connectivity index (χ0) is 21.8. The molecule has 0 atom stereocenters. The number of carbonyl (C=O) groups is 1. The molecule has 0 radical (unpaired) electrons. The third-order valence-electron chi connectivity index (χ3n) is 6.72. The monoisotopic (exact) mass is 442 g/mol. The van der Waals surface area contributed by atoms with E-state index < -0.39 is 0 Å². The number of methoxy groups -OCH3 is 1. The summed E-state index contributed by atoms with van der Waals surface area (Å²) in [6, 6.07) is 8.44. The van der Waals surface area contributed by atoms with Crippen LogP contribution in [0, 0.1) is 6.92 Å². The highest BCUT2D eigenvalue weighted by Crippen LogP contribution is 2.31. The summed E-state index contributed by atoms with van der Waals surface area (Å²) in [4.78, 5) is 18.9. The minimum atomic E-state index is -0.0370. The summed E-state index contributed by atoms with van der Waals surface area (Å²) in [6.07, 6.45) is 7.62. The highest BCUT2D eigenvalue weighted by atomic mass is 32.1. The second-order valence-corrected chi connectivity index (χ2v) is 9.84. The molecule has 5 nitrogen and oxygen atoms in total. The first-order valence-corrected chi connectivity index (χ1v) is 12.3. The van der Waals surface area contributed by atoms with Gasteiger partial charge in [-0.05, 0) is 67.8 Å². The SMILES string of the molecule is COc1ccc(OC2CCN(C3CCCC3)CC2)c(C(=O)N(C)Cc2sccc2C)c1. The van der Waals surface area contributed by atoms with E-state index in [9.17, 15) is 4.79 Å². The normalized spacial score (nSPS) is 18.3. The van der Waals surface area contributed by atoms with Gasteiger partial charge in [-0.3, -0.25) is 4.79 Å². The van der Waals surface area contributed by atoms with E-state index >= 15 is 0 Å². The average Bonchev–Trinajstić information content (AvgIpc) is 3.46. The number of nitrogens with zero attached hydrogens (tertiary/aromatic N) is 2. The molecule has 2 aromatic rings. The van der Waals surface area contributed by atoms with E-state index in [2.05, 4.69) is 23.3 Å². The molecule has 0 unspecified atom stereocenters. The molecule has 1 aromatic carbocycles. The zero-order valence-corrected chi connectivity index (χ0v) is 19.7. The molecule has 0 spiro atoms. The summed E-state index contributed by atoms with van der Waals surface area (Å²) in [5.41, 5.74) is 1.80. The predicted molar refractivity (Wildman–Crippen MR) is 125 cm³/mol. The topological polar surface area (TPSA) is 42.0 Å². The van der Waals surface area contributed by atoms with E-state index in [1.54, 1.807) is 23.3 Å².